The van der Waals surface area contributed by atoms with Gasteiger partial charge in [0.2, 0.25) is 5.91 Å². The number of aromatic nitrogens is 1. The summed E-state index contributed by atoms with van der Waals surface area (Å²) in [7, 11) is 0. The number of carbonyl (C=O) groups excluding carboxylic acids is 1. The first-order valence-corrected chi connectivity index (χ1v) is 11.8. The largest absolute Gasteiger partial charge is 0.492 e. The molecule has 0 radical (unpaired) electrons. The molecule has 1 aromatic heterocycles. The molecule has 1 N–H and O–H groups in total. The van der Waals surface area contributed by atoms with Gasteiger partial charge in [0.1, 0.15) is 17.6 Å². The van der Waals surface area contributed by atoms with Gasteiger partial charge < -0.3 is 14.7 Å². The number of hydrogen-bond acceptors (Lipinski definition) is 4. The number of amides is 1. The summed E-state index contributed by atoms with van der Waals surface area (Å²) in [5, 5.41) is 10.6. The average molecular weight is 491 g/mol. The number of rotatable bonds is 7. The van der Waals surface area contributed by atoms with Crippen LogP contribution in [0.25, 0.3) is 5.76 Å². The Morgan fingerprint density at radius 1 is 1.34 bits per heavy atom. The number of halogens is 4. The van der Waals surface area contributed by atoms with Crippen LogP contribution in [0.5, 0.6) is 0 Å². The molecule has 1 aromatic rings. The molecule has 178 valence electrons. The van der Waals surface area contributed by atoms with E-state index in [-0.39, 0.29) is 40.3 Å². The van der Waals surface area contributed by atoms with Crippen molar-refractivity contribution in [3.63, 3.8) is 0 Å². The molecule has 1 aliphatic heterocycles. The van der Waals surface area contributed by atoms with Crippen LogP contribution in [-0.4, -0.2) is 52.6 Å². The monoisotopic (exact) mass is 490 g/mol. The lowest BCUT2D eigenvalue weighted by Crippen LogP contribution is -2.55. The van der Waals surface area contributed by atoms with E-state index in [0.29, 0.717) is 43.0 Å². The van der Waals surface area contributed by atoms with Crippen molar-refractivity contribution in [1.82, 2.24) is 9.88 Å². The number of carbonyl (C=O) groups is 1. The highest BCUT2D eigenvalue weighted by Crippen LogP contribution is 2.45. The number of alkyl halides is 2. The van der Waals surface area contributed by atoms with Crippen LogP contribution in [0.4, 0.5) is 8.78 Å². The lowest BCUT2D eigenvalue weighted by molar-refractivity contribution is -0.141. The molecule has 32 heavy (non-hydrogen) atoms. The SMILES string of the molecule is C=C(OCC)c1ncc(Cl)c(CC(=O)N2CC[C@H]3[C@H]([C@H](O)C(F)F)CCC[C@@H]3[C@@H]2C)c1Cl. The Morgan fingerprint density at radius 3 is 2.72 bits per heavy atom. The minimum absolute atomic E-state index is 0.00257. The summed E-state index contributed by atoms with van der Waals surface area (Å²) in [6.07, 6.45) is -0.0973. The van der Waals surface area contributed by atoms with Crippen molar-refractivity contribution >= 4 is 34.9 Å². The molecule has 1 aliphatic carbocycles. The van der Waals surface area contributed by atoms with Gasteiger partial charge in [-0.25, -0.2) is 13.8 Å². The quantitative estimate of drug-likeness (QED) is 0.532. The van der Waals surface area contributed by atoms with Crippen LogP contribution < -0.4 is 0 Å². The van der Waals surface area contributed by atoms with Gasteiger partial charge in [0.15, 0.2) is 0 Å². The Labute approximate surface area is 197 Å². The number of fused-ring (bicyclic) bond motifs is 1. The van der Waals surface area contributed by atoms with E-state index in [0.717, 1.165) is 12.8 Å². The van der Waals surface area contributed by atoms with Gasteiger partial charge in [0.25, 0.3) is 6.43 Å². The number of ether oxygens (including phenoxy) is 1. The predicted molar refractivity (Wildman–Crippen MR) is 121 cm³/mol. The first kappa shape index (κ1) is 25.2. The second-order valence-corrected chi connectivity index (χ2v) is 9.43. The van der Waals surface area contributed by atoms with Crippen LogP contribution in [0.1, 0.15) is 50.8 Å². The molecule has 5 atom stereocenters. The Bertz CT molecular complexity index is 855. The van der Waals surface area contributed by atoms with Gasteiger partial charge in [-0.15, -0.1) is 0 Å². The van der Waals surface area contributed by atoms with E-state index in [2.05, 4.69) is 11.6 Å². The molecule has 1 saturated heterocycles. The standard InChI is InChI=1S/C23H30Cl2F2N2O3/c1-4-32-13(3)21-20(25)17(18(24)11-28-21)10-19(30)29-9-8-15-14(12(29)2)6-5-7-16(15)22(31)23(26)27/h11-12,14-16,22-23,31H,3-10H2,1-2H3/t12-,14+,15+,16+,22-/m0/s1. The summed E-state index contributed by atoms with van der Waals surface area (Å²) in [5.41, 5.74) is 0.816. The Kier molecular flexibility index (Phi) is 8.39. The number of hydrogen-bond donors (Lipinski definition) is 1. The third kappa shape index (κ3) is 5.05. The Hall–Kier alpha value is -1.44. The number of pyridine rings is 1. The average Bonchev–Trinajstić information content (AvgIpc) is 2.76. The van der Waals surface area contributed by atoms with E-state index in [1.807, 2.05) is 13.8 Å². The molecular formula is C23H30Cl2F2N2O3. The maximum atomic E-state index is 13.3. The highest BCUT2D eigenvalue weighted by Gasteiger charge is 2.46. The van der Waals surface area contributed by atoms with Crippen LogP contribution in [0.2, 0.25) is 10.0 Å². The maximum Gasteiger partial charge on any atom is 0.264 e. The molecule has 2 fully saturated rings. The van der Waals surface area contributed by atoms with Gasteiger partial charge in [0, 0.05) is 24.3 Å². The first-order valence-electron chi connectivity index (χ1n) is 11.1. The summed E-state index contributed by atoms with van der Waals surface area (Å²) in [6.45, 7) is 8.46. The number of piperidine rings is 1. The molecule has 3 rings (SSSR count). The van der Waals surface area contributed by atoms with Crippen molar-refractivity contribution in [2.75, 3.05) is 13.2 Å². The fourth-order valence-corrected chi connectivity index (χ4v) is 5.98. The predicted octanol–water partition coefficient (Wildman–Crippen LogP) is 5.22. The Morgan fingerprint density at radius 2 is 2.06 bits per heavy atom. The molecule has 0 aromatic carbocycles. The zero-order chi connectivity index (χ0) is 23.6. The molecule has 0 bridgehead atoms. The Balaban J connectivity index is 1.76. The zero-order valence-corrected chi connectivity index (χ0v) is 19.9. The van der Waals surface area contributed by atoms with Crippen LogP contribution in [0.15, 0.2) is 12.8 Å². The van der Waals surface area contributed by atoms with E-state index in [1.165, 1.54) is 6.20 Å². The second kappa shape index (κ2) is 10.7. The third-order valence-corrected chi connectivity index (χ3v) is 7.72. The van der Waals surface area contributed by atoms with Crippen molar-refractivity contribution in [2.24, 2.45) is 17.8 Å². The summed E-state index contributed by atoms with van der Waals surface area (Å²) >= 11 is 12.8. The van der Waals surface area contributed by atoms with E-state index >= 15 is 0 Å². The first-order chi connectivity index (χ1) is 15.2. The molecule has 2 heterocycles. The van der Waals surface area contributed by atoms with Crippen LogP contribution >= 0.6 is 23.2 Å². The molecule has 0 spiro atoms. The molecule has 5 nitrogen and oxygen atoms in total. The van der Waals surface area contributed by atoms with E-state index < -0.39 is 18.4 Å². The van der Waals surface area contributed by atoms with Gasteiger partial charge in [-0.2, -0.15) is 0 Å². The van der Waals surface area contributed by atoms with Gasteiger partial charge in [-0.05, 0) is 50.9 Å². The molecule has 1 amide bonds. The van der Waals surface area contributed by atoms with Crippen molar-refractivity contribution in [1.29, 1.82) is 0 Å². The number of aliphatic hydroxyl groups is 1. The minimum Gasteiger partial charge on any atom is -0.492 e. The number of aliphatic hydroxyl groups excluding tert-OH is 1. The number of nitrogens with zero attached hydrogens (tertiary/aromatic N) is 2. The normalized spacial score (nSPS) is 26.6. The summed E-state index contributed by atoms with van der Waals surface area (Å²) in [4.78, 5) is 19.2. The second-order valence-electron chi connectivity index (χ2n) is 8.64. The minimum atomic E-state index is -2.75. The van der Waals surface area contributed by atoms with Gasteiger partial charge in [-0.1, -0.05) is 36.2 Å². The van der Waals surface area contributed by atoms with E-state index in [1.54, 1.807) is 4.90 Å². The van der Waals surface area contributed by atoms with Gasteiger partial charge in [-0.3, -0.25) is 4.79 Å². The van der Waals surface area contributed by atoms with Crippen molar-refractivity contribution in [3.05, 3.63) is 34.1 Å². The topological polar surface area (TPSA) is 62.7 Å². The van der Waals surface area contributed by atoms with E-state index in [9.17, 15) is 18.7 Å². The maximum absolute atomic E-state index is 13.3. The molecule has 9 heteroatoms. The smallest absolute Gasteiger partial charge is 0.264 e. The third-order valence-electron chi connectivity index (χ3n) is 6.99. The van der Waals surface area contributed by atoms with Crippen LogP contribution in [-0.2, 0) is 16.0 Å². The van der Waals surface area contributed by atoms with Crippen molar-refractivity contribution < 1.29 is 23.4 Å². The van der Waals surface area contributed by atoms with Crippen LogP contribution in [0, 0.1) is 17.8 Å². The fraction of sp³-hybridized carbons (Fsp3) is 0.652. The van der Waals surface area contributed by atoms with E-state index in [4.69, 9.17) is 27.9 Å². The van der Waals surface area contributed by atoms with Gasteiger partial charge in [0.05, 0.1) is 23.1 Å². The fourth-order valence-electron chi connectivity index (χ4n) is 5.40. The zero-order valence-electron chi connectivity index (χ0n) is 18.4. The van der Waals surface area contributed by atoms with Gasteiger partial charge >= 0.3 is 0 Å². The van der Waals surface area contributed by atoms with Crippen molar-refractivity contribution in [2.45, 2.75) is 64.5 Å². The summed E-state index contributed by atoms with van der Waals surface area (Å²) in [5.74, 6) is -0.180. The highest BCUT2D eigenvalue weighted by atomic mass is 35.5. The molecule has 1 saturated carbocycles. The molecule has 0 unspecified atom stereocenters. The lowest BCUT2D eigenvalue weighted by Gasteiger charge is -2.50. The lowest BCUT2D eigenvalue weighted by atomic mass is 9.64. The highest BCUT2D eigenvalue weighted by molar-refractivity contribution is 6.37. The number of likely N-dealkylation sites (tertiary alicyclic amines) is 1. The summed E-state index contributed by atoms with van der Waals surface area (Å²) < 4.78 is 31.7. The molecule has 2 aliphatic rings. The van der Waals surface area contributed by atoms with Crippen molar-refractivity contribution in [3.8, 4) is 0 Å². The van der Waals surface area contributed by atoms with Crippen LogP contribution in [0.3, 0.4) is 0 Å². The summed E-state index contributed by atoms with van der Waals surface area (Å²) in [6, 6.07) is -0.119. The molecular weight excluding hydrogens is 461 g/mol.